The molecule has 0 fully saturated rings. The molecule has 102 valence electrons. The van der Waals surface area contributed by atoms with Crippen LogP contribution < -0.4 is 0 Å². The fourth-order valence-corrected chi connectivity index (χ4v) is 2.16. The van der Waals surface area contributed by atoms with Crippen molar-refractivity contribution in [3.63, 3.8) is 0 Å². The minimum atomic E-state index is 0.247. The molecular weight excluding hydrogens is 268 g/mol. The van der Waals surface area contributed by atoms with Crippen molar-refractivity contribution in [2.45, 2.75) is 19.3 Å². The summed E-state index contributed by atoms with van der Waals surface area (Å²) in [6.07, 6.45) is 5.63. The van der Waals surface area contributed by atoms with Gasteiger partial charge in [-0.15, -0.1) is 0 Å². The quantitative estimate of drug-likeness (QED) is 0.734. The van der Waals surface area contributed by atoms with Gasteiger partial charge < -0.3 is 0 Å². The topological polar surface area (TPSA) is 17.1 Å². The molecule has 2 aromatic carbocycles. The van der Waals surface area contributed by atoms with Gasteiger partial charge in [0.15, 0.2) is 0 Å². The number of rotatable bonds is 6. The number of hydrogen-bond donors (Lipinski definition) is 0. The highest BCUT2D eigenvalue weighted by Gasteiger charge is 2.00. The summed E-state index contributed by atoms with van der Waals surface area (Å²) in [5.41, 5.74) is 2.15. The minimum Gasteiger partial charge on any atom is -0.299 e. The van der Waals surface area contributed by atoms with Gasteiger partial charge in [0.05, 0.1) is 0 Å². The molecule has 0 aliphatic carbocycles. The van der Waals surface area contributed by atoms with Crippen LogP contribution in [-0.2, 0) is 11.2 Å². The van der Waals surface area contributed by atoms with Crippen molar-refractivity contribution in [3.05, 3.63) is 76.8 Å². The molecule has 0 aliphatic heterocycles. The predicted molar refractivity (Wildman–Crippen MR) is 84.9 cm³/mol. The van der Waals surface area contributed by atoms with Crippen LogP contribution in [0.15, 0.2) is 60.7 Å². The SMILES string of the molecule is O=C(C/C=C/c1ccccc1Cl)CCc1ccccc1. The normalized spacial score (nSPS) is 10.8. The lowest BCUT2D eigenvalue weighted by atomic mass is 10.1. The summed E-state index contributed by atoms with van der Waals surface area (Å²) in [6, 6.07) is 17.7. The molecule has 0 N–H and O–H groups in total. The van der Waals surface area contributed by atoms with Crippen LogP contribution in [0.1, 0.15) is 24.0 Å². The van der Waals surface area contributed by atoms with E-state index in [1.807, 2.05) is 66.7 Å². The first-order chi connectivity index (χ1) is 9.75. The van der Waals surface area contributed by atoms with Crippen molar-refractivity contribution in [2.75, 3.05) is 0 Å². The zero-order valence-electron chi connectivity index (χ0n) is 11.3. The highest BCUT2D eigenvalue weighted by Crippen LogP contribution is 2.16. The Morgan fingerprint density at radius 1 is 1.00 bits per heavy atom. The third kappa shape index (κ3) is 4.67. The number of benzene rings is 2. The molecular formula is C18H17ClO. The zero-order chi connectivity index (χ0) is 14.2. The second kappa shape index (κ2) is 7.66. The van der Waals surface area contributed by atoms with Gasteiger partial charge in [-0.25, -0.2) is 0 Å². The Kier molecular flexibility index (Phi) is 5.57. The van der Waals surface area contributed by atoms with Gasteiger partial charge in [0, 0.05) is 17.9 Å². The summed E-state index contributed by atoms with van der Waals surface area (Å²) in [5, 5.41) is 0.709. The van der Waals surface area contributed by atoms with Crippen molar-refractivity contribution in [2.24, 2.45) is 0 Å². The van der Waals surface area contributed by atoms with Gasteiger partial charge >= 0.3 is 0 Å². The number of aryl methyl sites for hydroxylation is 1. The van der Waals surface area contributed by atoms with Crippen LogP contribution >= 0.6 is 11.6 Å². The number of allylic oxidation sites excluding steroid dienone is 1. The van der Waals surface area contributed by atoms with Gasteiger partial charge in [-0.2, -0.15) is 0 Å². The molecule has 2 heteroatoms. The van der Waals surface area contributed by atoms with Crippen LogP contribution in [0.25, 0.3) is 6.08 Å². The molecule has 0 spiro atoms. The van der Waals surface area contributed by atoms with Gasteiger partial charge in [0.2, 0.25) is 0 Å². The van der Waals surface area contributed by atoms with Gasteiger partial charge in [0.25, 0.3) is 0 Å². The Morgan fingerprint density at radius 3 is 2.45 bits per heavy atom. The third-order valence-electron chi connectivity index (χ3n) is 3.08. The molecule has 0 bridgehead atoms. The second-order valence-corrected chi connectivity index (χ2v) is 5.06. The van der Waals surface area contributed by atoms with Crippen molar-refractivity contribution < 1.29 is 4.79 Å². The van der Waals surface area contributed by atoms with Gasteiger partial charge in [-0.3, -0.25) is 4.79 Å². The van der Waals surface area contributed by atoms with Crippen LogP contribution in [0.2, 0.25) is 5.02 Å². The minimum absolute atomic E-state index is 0.247. The number of carbonyl (C=O) groups is 1. The van der Waals surface area contributed by atoms with E-state index >= 15 is 0 Å². The molecule has 2 rings (SSSR count). The van der Waals surface area contributed by atoms with E-state index in [9.17, 15) is 4.79 Å². The molecule has 0 aliphatic rings. The first-order valence-corrected chi connectivity index (χ1v) is 7.10. The molecule has 0 atom stereocenters. The molecule has 0 radical (unpaired) electrons. The standard InChI is InChI=1S/C18H17ClO/c19-18-12-5-4-9-16(18)10-6-11-17(20)14-13-15-7-2-1-3-8-15/h1-10,12H,11,13-14H2/b10-6+. The maximum absolute atomic E-state index is 11.8. The Labute approximate surface area is 124 Å². The number of Topliss-reactive ketones (excluding diaryl/α,β-unsaturated/α-hetero) is 1. The summed E-state index contributed by atoms with van der Waals surface area (Å²) in [5.74, 6) is 0.247. The molecule has 0 saturated carbocycles. The molecule has 1 nitrogen and oxygen atoms in total. The lowest BCUT2D eigenvalue weighted by Crippen LogP contribution is -1.98. The average molecular weight is 285 g/mol. The van der Waals surface area contributed by atoms with E-state index in [0.29, 0.717) is 17.9 Å². The van der Waals surface area contributed by atoms with E-state index < -0.39 is 0 Å². The zero-order valence-corrected chi connectivity index (χ0v) is 12.0. The predicted octanol–water partition coefficient (Wildman–Crippen LogP) is 4.95. The average Bonchev–Trinajstić information content (AvgIpc) is 2.48. The van der Waals surface area contributed by atoms with Crippen LogP contribution in [0.4, 0.5) is 0 Å². The Morgan fingerprint density at radius 2 is 1.70 bits per heavy atom. The number of halogens is 1. The molecule has 2 aromatic rings. The molecule has 20 heavy (non-hydrogen) atoms. The van der Waals surface area contributed by atoms with Crippen LogP contribution in [0, 0.1) is 0 Å². The van der Waals surface area contributed by atoms with Gasteiger partial charge in [-0.05, 0) is 23.6 Å². The van der Waals surface area contributed by atoms with E-state index in [4.69, 9.17) is 11.6 Å². The largest absolute Gasteiger partial charge is 0.299 e. The Hall–Kier alpha value is -1.86. The van der Waals surface area contributed by atoms with Crippen LogP contribution in [0.3, 0.4) is 0 Å². The first-order valence-electron chi connectivity index (χ1n) is 6.72. The van der Waals surface area contributed by atoms with Gasteiger partial charge in [-0.1, -0.05) is 72.3 Å². The van der Waals surface area contributed by atoms with Crippen molar-refractivity contribution in [1.29, 1.82) is 0 Å². The number of hydrogen-bond acceptors (Lipinski definition) is 1. The number of carbonyl (C=O) groups excluding carboxylic acids is 1. The fraction of sp³-hybridized carbons (Fsp3) is 0.167. The summed E-state index contributed by atoms with van der Waals surface area (Å²) < 4.78 is 0. The highest BCUT2D eigenvalue weighted by atomic mass is 35.5. The molecule has 0 amide bonds. The summed E-state index contributed by atoms with van der Waals surface area (Å²) in [4.78, 5) is 11.8. The highest BCUT2D eigenvalue weighted by molar-refractivity contribution is 6.32. The van der Waals surface area contributed by atoms with E-state index in [1.54, 1.807) is 0 Å². The van der Waals surface area contributed by atoms with E-state index in [2.05, 4.69) is 0 Å². The van der Waals surface area contributed by atoms with E-state index in [0.717, 1.165) is 12.0 Å². The lowest BCUT2D eigenvalue weighted by Gasteiger charge is -1.99. The molecule has 0 unspecified atom stereocenters. The van der Waals surface area contributed by atoms with Gasteiger partial charge in [0.1, 0.15) is 5.78 Å². The molecule has 0 heterocycles. The van der Waals surface area contributed by atoms with E-state index in [1.165, 1.54) is 5.56 Å². The van der Waals surface area contributed by atoms with Crippen molar-refractivity contribution in [1.82, 2.24) is 0 Å². The van der Waals surface area contributed by atoms with Crippen molar-refractivity contribution in [3.8, 4) is 0 Å². The second-order valence-electron chi connectivity index (χ2n) is 4.65. The summed E-state index contributed by atoms with van der Waals surface area (Å²) >= 11 is 6.04. The lowest BCUT2D eigenvalue weighted by molar-refractivity contribution is -0.118. The van der Waals surface area contributed by atoms with E-state index in [-0.39, 0.29) is 5.78 Å². The summed E-state index contributed by atoms with van der Waals surface area (Å²) in [7, 11) is 0. The van der Waals surface area contributed by atoms with Crippen molar-refractivity contribution >= 4 is 23.5 Å². The Bertz CT molecular complexity index is 587. The van der Waals surface area contributed by atoms with Crippen LogP contribution in [-0.4, -0.2) is 5.78 Å². The maximum Gasteiger partial charge on any atom is 0.136 e. The monoisotopic (exact) mass is 284 g/mol. The number of ketones is 1. The Balaban J connectivity index is 1.79. The smallest absolute Gasteiger partial charge is 0.136 e. The fourth-order valence-electron chi connectivity index (χ4n) is 1.96. The molecule has 0 saturated heterocycles. The molecule has 0 aromatic heterocycles. The summed E-state index contributed by atoms with van der Waals surface area (Å²) in [6.45, 7) is 0. The maximum atomic E-state index is 11.8. The van der Waals surface area contributed by atoms with Crippen LogP contribution in [0.5, 0.6) is 0 Å². The first kappa shape index (κ1) is 14.5. The third-order valence-corrected chi connectivity index (χ3v) is 3.43.